The minimum atomic E-state index is -0.356. The van der Waals surface area contributed by atoms with Crippen molar-refractivity contribution in [1.29, 1.82) is 0 Å². The number of hydrogen-bond donors (Lipinski definition) is 1. The summed E-state index contributed by atoms with van der Waals surface area (Å²) in [6, 6.07) is 6.74. The molecule has 0 radical (unpaired) electrons. The molecule has 2 heterocycles. The summed E-state index contributed by atoms with van der Waals surface area (Å²) in [7, 11) is 0. The van der Waals surface area contributed by atoms with Gasteiger partial charge in [-0.15, -0.1) is 0 Å². The van der Waals surface area contributed by atoms with Gasteiger partial charge in [0.15, 0.2) is 0 Å². The second-order valence-electron chi connectivity index (χ2n) is 6.06. The second kappa shape index (κ2) is 7.84. The van der Waals surface area contributed by atoms with Gasteiger partial charge in [0, 0.05) is 36.8 Å². The quantitative estimate of drug-likeness (QED) is 0.904. The van der Waals surface area contributed by atoms with Crippen LogP contribution in [0.4, 0.5) is 4.79 Å². The van der Waals surface area contributed by atoms with E-state index in [1.54, 1.807) is 12.1 Å². The molecule has 1 aliphatic heterocycles. The van der Waals surface area contributed by atoms with Crippen LogP contribution in [-0.2, 0) is 0 Å². The van der Waals surface area contributed by atoms with Crippen LogP contribution >= 0.6 is 11.6 Å². The minimum absolute atomic E-state index is 0.102. The molecule has 1 N–H and O–H groups in total. The first-order valence-corrected chi connectivity index (χ1v) is 8.82. The number of piperazine rings is 1. The van der Waals surface area contributed by atoms with Crippen LogP contribution in [0, 0.1) is 0 Å². The van der Waals surface area contributed by atoms with Crippen LogP contribution in [0.25, 0.3) is 11.4 Å². The van der Waals surface area contributed by atoms with E-state index in [-0.39, 0.29) is 12.1 Å². The Bertz CT molecular complexity index is 710. The van der Waals surface area contributed by atoms with E-state index in [1.807, 2.05) is 24.0 Å². The van der Waals surface area contributed by atoms with Crippen molar-refractivity contribution in [2.24, 2.45) is 0 Å². The number of likely N-dealkylation sites (N-methyl/N-ethyl adjacent to an activating group) is 1. The first kappa shape index (κ1) is 17.7. The molecule has 3 rings (SSSR count). The molecule has 8 heteroatoms. The number of nitrogens with zero attached hydrogens (tertiary/aromatic N) is 4. The largest absolute Gasteiger partial charge is 0.337 e. The Morgan fingerprint density at radius 3 is 2.60 bits per heavy atom. The zero-order chi connectivity index (χ0) is 17.8. The third-order valence-corrected chi connectivity index (χ3v) is 4.61. The predicted octanol–water partition coefficient (Wildman–Crippen LogP) is 2.80. The SMILES string of the molecule is CCN1CCN(C(=O)NC(C)c2nc(-c3ccc(Cl)cc3)no2)CC1. The summed E-state index contributed by atoms with van der Waals surface area (Å²) in [5.41, 5.74) is 0.814. The fourth-order valence-corrected chi connectivity index (χ4v) is 2.86. The molecule has 1 aromatic heterocycles. The van der Waals surface area contributed by atoms with Crippen LogP contribution in [0.5, 0.6) is 0 Å². The lowest BCUT2D eigenvalue weighted by atomic mass is 10.2. The molecule has 1 atom stereocenters. The number of benzene rings is 1. The van der Waals surface area contributed by atoms with Crippen molar-refractivity contribution in [2.75, 3.05) is 32.7 Å². The fourth-order valence-electron chi connectivity index (χ4n) is 2.73. The topological polar surface area (TPSA) is 74.5 Å². The van der Waals surface area contributed by atoms with Crippen molar-refractivity contribution in [3.8, 4) is 11.4 Å². The Balaban J connectivity index is 1.59. The average Bonchev–Trinajstić information content (AvgIpc) is 3.12. The number of hydrogen-bond acceptors (Lipinski definition) is 5. The maximum absolute atomic E-state index is 12.4. The molecule has 0 spiro atoms. The van der Waals surface area contributed by atoms with E-state index in [2.05, 4.69) is 27.3 Å². The Labute approximate surface area is 151 Å². The molecule has 7 nitrogen and oxygen atoms in total. The van der Waals surface area contributed by atoms with Gasteiger partial charge in [0.1, 0.15) is 6.04 Å². The summed E-state index contributed by atoms with van der Waals surface area (Å²) in [5, 5.41) is 7.55. The number of halogens is 1. The number of urea groups is 1. The normalized spacial score (nSPS) is 16.7. The molecule has 1 saturated heterocycles. The molecule has 1 aromatic carbocycles. The highest BCUT2D eigenvalue weighted by atomic mass is 35.5. The Morgan fingerprint density at radius 2 is 1.96 bits per heavy atom. The van der Waals surface area contributed by atoms with E-state index in [1.165, 1.54) is 0 Å². The summed E-state index contributed by atoms with van der Waals surface area (Å²) >= 11 is 5.88. The lowest BCUT2D eigenvalue weighted by Crippen LogP contribution is -2.51. The highest BCUT2D eigenvalue weighted by Crippen LogP contribution is 2.20. The van der Waals surface area contributed by atoms with Gasteiger partial charge in [-0.1, -0.05) is 23.7 Å². The van der Waals surface area contributed by atoms with Crippen LogP contribution < -0.4 is 5.32 Å². The zero-order valence-corrected chi connectivity index (χ0v) is 15.2. The maximum atomic E-state index is 12.4. The highest BCUT2D eigenvalue weighted by molar-refractivity contribution is 6.30. The van der Waals surface area contributed by atoms with Crippen LogP contribution in [-0.4, -0.2) is 58.7 Å². The molecule has 134 valence electrons. The van der Waals surface area contributed by atoms with E-state index < -0.39 is 0 Å². The number of carbonyl (C=O) groups excluding carboxylic acids is 1. The molecule has 0 bridgehead atoms. The Kier molecular flexibility index (Phi) is 5.55. The van der Waals surface area contributed by atoms with E-state index >= 15 is 0 Å². The van der Waals surface area contributed by atoms with Crippen LogP contribution in [0.15, 0.2) is 28.8 Å². The smallest absolute Gasteiger partial charge is 0.318 e. The third kappa shape index (κ3) is 4.29. The zero-order valence-electron chi connectivity index (χ0n) is 14.4. The van der Waals surface area contributed by atoms with Gasteiger partial charge in [0.25, 0.3) is 0 Å². The predicted molar refractivity (Wildman–Crippen MR) is 95.4 cm³/mol. The van der Waals surface area contributed by atoms with Crippen molar-refractivity contribution >= 4 is 17.6 Å². The highest BCUT2D eigenvalue weighted by Gasteiger charge is 2.23. The summed E-state index contributed by atoms with van der Waals surface area (Å²) in [6.07, 6.45) is 0. The van der Waals surface area contributed by atoms with Crippen molar-refractivity contribution in [1.82, 2.24) is 25.3 Å². The van der Waals surface area contributed by atoms with Crippen LogP contribution in [0.1, 0.15) is 25.8 Å². The summed E-state index contributed by atoms with van der Waals surface area (Å²) in [6.45, 7) is 8.24. The van der Waals surface area contributed by atoms with Gasteiger partial charge < -0.3 is 19.6 Å². The summed E-state index contributed by atoms with van der Waals surface area (Å²) in [4.78, 5) is 20.9. The molecule has 2 aromatic rings. The molecule has 1 fully saturated rings. The van der Waals surface area contributed by atoms with Crippen LogP contribution in [0.2, 0.25) is 5.02 Å². The summed E-state index contributed by atoms with van der Waals surface area (Å²) in [5.74, 6) is 0.856. The lowest BCUT2D eigenvalue weighted by Gasteiger charge is -2.34. The van der Waals surface area contributed by atoms with Gasteiger partial charge in [-0.05, 0) is 37.7 Å². The third-order valence-electron chi connectivity index (χ3n) is 4.36. The molecule has 2 amide bonds. The Hall–Kier alpha value is -2.12. The fraction of sp³-hybridized carbons (Fsp3) is 0.471. The van der Waals surface area contributed by atoms with E-state index in [0.717, 1.165) is 38.3 Å². The first-order valence-electron chi connectivity index (χ1n) is 8.44. The van der Waals surface area contributed by atoms with E-state index in [4.69, 9.17) is 16.1 Å². The lowest BCUT2D eigenvalue weighted by molar-refractivity contribution is 0.140. The van der Waals surface area contributed by atoms with Gasteiger partial charge in [0.05, 0.1) is 0 Å². The van der Waals surface area contributed by atoms with Crippen molar-refractivity contribution in [3.05, 3.63) is 35.2 Å². The second-order valence-corrected chi connectivity index (χ2v) is 6.49. The van der Waals surface area contributed by atoms with Gasteiger partial charge in [-0.3, -0.25) is 0 Å². The number of rotatable bonds is 4. The van der Waals surface area contributed by atoms with E-state index in [9.17, 15) is 4.79 Å². The van der Waals surface area contributed by atoms with Gasteiger partial charge in [-0.25, -0.2) is 4.79 Å². The molecule has 1 unspecified atom stereocenters. The van der Waals surface area contributed by atoms with Crippen molar-refractivity contribution in [2.45, 2.75) is 19.9 Å². The van der Waals surface area contributed by atoms with Gasteiger partial charge in [0.2, 0.25) is 11.7 Å². The molecule has 25 heavy (non-hydrogen) atoms. The first-order chi connectivity index (χ1) is 12.1. The number of nitrogens with one attached hydrogen (secondary N) is 1. The molecule has 0 aliphatic carbocycles. The summed E-state index contributed by atoms with van der Waals surface area (Å²) < 4.78 is 5.30. The minimum Gasteiger partial charge on any atom is -0.337 e. The Morgan fingerprint density at radius 1 is 1.28 bits per heavy atom. The van der Waals surface area contributed by atoms with Gasteiger partial charge >= 0.3 is 6.03 Å². The molecular weight excluding hydrogens is 342 g/mol. The van der Waals surface area contributed by atoms with Gasteiger partial charge in [-0.2, -0.15) is 4.98 Å². The standard InChI is InChI=1S/C17H22ClN5O2/c1-3-22-8-10-23(11-9-22)17(24)19-12(2)16-20-15(21-25-16)13-4-6-14(18)7-5-13/h4-7,12H,3,8-11H2,1-2H3,(H,19,24). The molecule has 1 aliphatic rings. The monoisotopic (exact) mass is 363 g/mol. The van der Waals surface area contributed by atoms with Crippen molar-refractivity contribution in [3.63, 3.8) is 0 Å². The number of aromatic nitrogens is 2. The van der Waals surface area contributed by atoms with Crippen molar-refractivity contribution < 1.29 is 9.32 Å². The maximum Gasteiger partial charge on any atom is 0.318 e. The molecular formula is C17H22ClN5O2. The van der Waals surface area contributed by atoms with Crippen LogP contribution in [0.3, 0.4) is 0 Å². The molecule has 0 saturated carbocycles. The van der Waals surface area contributed by atoms with E-state index in [0.29, 0.717) is 16.7 Å². The number of carbonyl (C=O) groups is 1. The number of amides is 2. The average molecular weight is 364 g/mol.